The van der Waals surface area contributed by atoms with Gasteiger partial charge in [0.05, 0.1) is 13.1 Å². The van der Waals surface area contributed by atoms with Crippen LogP contribution in [-0.2, 0) is 4.79 Å². The zero-order valence-electron chi connectivity index (χ0n) is 7.86. The molecule has 0 aromatic heterocycles. The molecule has 0 saturated heterocycles. The Bertz CT molecular complexity index is 226. The van der Waals surface area contributed by atoms with Gasteiger partial charge in [-0.25, -0.2) is 0 Å². The maximum absolute atomic E-state index is 10.5. The number of carboxylic acid groups (broad SMARTS) is 1. The lowest BCUT2D eigenvalue weighted by atomic mass is 9.81. The van der Waals surface area contributed by atoms with Crippen LogP contribution in [0.1, 0.15) is 19.8 Å². The average molecular weight is 181 g/mol. The fourth-order valence-corrected chi connectivity index (χ4v) is 1.76. The van der Waals surface area contributed by atoms with E-state index in [2.05, 4.69) is 12.8 Å². The van der Waals surface area contributed by atoms with Gasteiger partial charge >= 0.3 is 5.97 Å². The molecule has 1 saturated carbocycles. The molecule has 1 rings (SSSR count). The summed E-state index contributed by atoms with van der Waals surface area (Å²) in [5.74, 6) is 2.42. The lowest BCUT2D eigenvalue weighted by molar-refractivity contribution is -0.139. The molecule has 0 aromatic carbocycles. The van der Waals surface area contributed by atoms with Crippen LogP contribution in [0, 0.1) is 18.3 Å². The first kappa shape index (κ1) is 10.1. The Balaban J connectivity index is 2.39. The fraction of sp³-hybridized carbons (Fsp3) is 0.700. The van der Waals surface area contributed by atoms with Gasteiger partial charge < -0.3 is 5.11 Å². The van der Waals surface area contributed by atoms with Crippen LogP contribution in [0.15, 0.2) is 0 Å². The number of terminal acetylenes is 1. The number of nitrogens with zero attached hydrogens (tertiary/aromatic N) is 1. The highest BCUT2D eigenvalue weighted by Gasteiger charge is 2.31. The normalized spacial score (nSPS) is 26.5. The molecule has 3 nitrogen and oxygen atoms in total. The van der Waals surface area contributed by atoms with Crippen molar-refractivity contribution in [1.82, 2.24) is 4.90 Å². The Morgan fingerprint density at radius 3 is 2.69 bits per heavy atom. The predicted octanol–water partition coefficient (Wildman–Crippen LogP) is 0.805. The molecular formula is C10H15NO2. The first-order valence-corrected chi connectivity index (χ1v) is 4.52. The quantitative estimate of drug-likeness (QED) is 0.652. The lowest BCUT2D eigenvalue weighted by Gasteiger charge is -2.40. The standard InChI is InChI=1S/C10H15NO2/c1-3-4-11(7-10(12)13)9-5-8(2)6-9/h1,8-9H,4-7H2,2H3,(H,12,13). The van der Waals surface area contributed by atoms with Crippen molar-refractivity contribution in [3.05, 3.63) is 0 Å². The Morgan fingerprint density at radius 1 is 1.69 bits per heavy atom. The maximum atomic E-state index is 10.5. The molecule has 3 heteroatoms. The van der Waals surface area contributed by atoms with Gasteiger partial charge in [-0.15, -0.1) is 6.42 Å². The van der Waals surface area contributed by atoms with E-state index in [1.165, 1.54) is 0 Å². The molecular weight excluding hydrogens is 166 g/mol. The molecule has 1 aliphatic rings. The van der Waals surface area contributed by atoms with Gasteiger partial charge in [0.1, 0.15) is 0 Å². The van der Waals surface area contributed by atoms with Crippen LogP contribution < -0.4 is 0 Å². The summed E-state index contributed by atoms with van der Waals surface area (Å²) in [7, 11) is 0. The minimum absolute atomic E-state index is 0.0710. The largest absolute Gasteiger partial charge is 0.480 e. The van der Waals surface area contributed by atoms with Crippen LogP contribution in [0.2, 0.25) is 0 Å². The number of hydrogen-bond donors (Lipinski definition) is 1. The molecule has 0 radical (unpaired) electrons. The van der Waals surface area contributed by atoms with E-state index >= 15 is 0 Å². The van der Waals surface area contributed by atoms with Gasteiger partial charge in [-0.2, -0.15) is 0 Å². The number of carbonyl (C=O) groups is 1. The number of aliphatic carboxylic acids is 1. The molecule has 0 atom stereocenters. The minimum Gasteiger partial charge on any atom is -0.480 e. The predicted molar refractivity (Wildman–Crippen MR) is 50.2 cm³/mol. The highest BCUT2D eigenvalue weighted by atomic mass is 16.4. The highest BCUT2D eigenvalue weighted by Crippen LogP contribution is 2.30. The molecule has 0 heterocycles. The third-order valence-corrected chi connectivity index (χ3v) is 2.50. The van der Waals surface area contributed by atoms with Gasteiger partial charge in [0.25, 0.3) is 0 Å². The molecule has 0 aromatic rings. The van der Waals surface area contributed by atoms with Gasteiger partial charge in [0.15, 0.2) is 0 Å². The van der Waals surface area contributed by atoms with Crippen LogP contribution in [0.3, 0.4) is 0 Å². The summed E-state index contributed by atoms with van der Waals surface area (Å²) in [6, 6.07) is 0.391. The molecule has 13 heavy (non-hydrogen) atoms. The Kier molecular flexibility index (Phi) is 3.32. The molecule has 1 aliphatic carbocycles. The van der Waals surface area contributed by atoms with Gasteiger partial charge in [-0.3, -0.25) is 9.69 Å². The Morgan fingerprint density at radius 2 is 2.31 bits per heavy atom. The molecule has 0 aliphatic heterocycles. The van der Waals surface area contributed by atoms with Gasteiger partial charge in [-0.1, -0.05) is 12.8 Å². The van der Waals surface area contributed by atoms with Crippen molar-refractivity contribution in [2.45, 2.75) is 25.8 Å². The number of rotatable bonds is 4. The zero-order chi connectivity index (χ0) is 9.84. The van der Waals surface area contributed by atoms with E-state index in [0.29, 0.717) is 12.6 Å². The summed E-state index contributed by atoms with van der Waals surface area (Å²) in [5, 5.41) is 8.63. The summed E-state index contributed by atoms with van der Waals surface area (Å²) in [6.07, 6.45) is 7.33. The molecule has 0 unspecified atom stereocenters. The monoisotopic (exact) mass is 181 g/mol. The summed E-state index contributed by atoms with van der Waals surface area (Å²) < 4.78 is 0. The van der Waals surface area contributed by atoms with Crippen LogP contribution in [0.25, 0.3) is 0 Å². The van der Waals surface area contributed by atoms with Crippen molar-refractivity contribution in [1.29, 1.82) is 0 Å². The highest BCUT2D eigenvalue weighted by molar-refractivity contribution is 5.69. The lowest BCUT2D eigenvalue weighted by Crippen LogP contribution is -2.46. The van der Waals surface area contributed by atoms with Crippen LogP contribution in [0.4, 0.5) is 0 Å². The van der Waals surface area contributed by atoms with Gasteiger partial charge in [0.2, 0.25) is 0 Å². The second kappa shape index (κ2) is 4.29. The molecule has 0 bridgehead atoms. The average Bonchev–Trinajstić information content (AvgIpc) is 1.97. The third-order valence-electron chi connectivity index (χ3n) is 2.50. The first-order chi connectivity index (χ1) is 6.13. The van der Waals surface area contributed by atoms with E-state index in [-0.39, 0.29) is 6.54 Å². The summed E-state index contributed by atoms with van der Waals surface area (Å²) in [6.45, 7) is 2.69. The summed E-state index contributed by atoms with van der Waals surface area (Å²) in [4.78, 5) is 12.4. The molecule has 1 N–H and O–H groups in total. The molecule has 1 fully saturated rings. The van der Waals surface area contributed by atoms with E-state index in [0.717, 1.165) is 18.8 Å². The first-order valence-electron chi connectivity index (χ1n) is 4.52. The van der Waals surface area contributed by atoms with Crippen LogP contribution >= 0.6 is 0 Å². The minimum atomic E-state index is -0.796. The van der Waals surface area contributed by atoms with Crippen LogP contribution in [0.5, 0.6) is 0 Å². The second-order valence-electron chi connectivity index (χ2n) is 3.73. The number of hydrogen-bond acceptors (Lipinski definition) is 2. The second-order valence-corrected chi connectivity index (χ2v) is 3.73. The smallest absolute Gasteiger partial charge is 0.317 e. The van der Waals surface area contributed by atoms with E-state index in [9.17, 15) is 4.79 Å². The van der Waals surface area contributed by atoms with Gasteiger partial charge in [0, 0.05) is 6.04 Å². The number of carboxylic acids is 1. The summed E-state index contributed by atoms with van der Waals surface area (Å²) in [5.41, 5.74) is 0. The zero-order valence-corrected chi connectivity index (χ0v) is 7.86. The molecule has 0 spiro atoms. The molecule has 72 valence electrons. The van der Waals surface area contributed by atoms with E-state index in [1.54, 1.807) is 0 Å². The fourth-order valence-electron chi connectivity index (χ4n) is 1.76. The molecule has 0 amide bonds. The van der Waals surface area contributed by atoms with Crippen molar-refractivity contribution >= 4 is 5.97 Å². The van der Waals surface area contributed by atoms with E-state index in [1.807, 2.05) is 4.90 Å². The maximum Gasteiger partial charge on any atom is 0.317 e. The van der Waals surface area contributed by atoms with Crippen LogP contribution in [-0.4, -0.2) is 35.1 Å². The Labute approximate surface area is 78.7 Å². The third kappa shape index (κ3) is 2.74. The van der Waals surface area contributed by atoms with E-state index < -0.39 is 5.97 Å². The SMILES string of the molecule is C#CCN(CC(=O)O)C1CC(C)C1. The van der Waals surface area contributed by atoms with Crippen molar-refractivity contribution in [3.8, 4) is 12.3 Å². The van der Waals surface area contributed by atoms with Crippen molar-refractivity contribution in [2.75, 3.05) is 13.1 Å². The Hall–Kier alpha value is -1.01. The van der Waals surface area contributed by atoms with Gasteiger partial charge in [-0.05, 0) is 18.8 Å². The van der Waals surface area contributed by atoms with E-state index in [4.69, 9.17) is 11.5 Å². The van der Waals surface area contributed by atoms with Crippen molar-refractivity contribution in [2.24, 2.45) is 5.92 Å². The summed E-state index contributed by atoms with van der Waals surface area (Å²) >= 11 is 0. The van der Waals surface area contributed by atoms with Crippen molar-refractivity contribution < 1.29 is 9.90 Å². The topological polar surface area (TPSA) is 40.5 Å². The van der Waals surface area contributed by atoms with Crippen molar-refractivity contribution in [3.63, 3.8) is 0 Å².